The lowest BCUT2D eigenvalue weighted by Gasteiger charge is -2.10. The minimum absolute atomic E-state index is 0.361. The van der Waals surface area contributed by atoms with Crippen LogP contribution >= 0.6 is 0 Å². The topological polar surface area (TPSA) is 52.0 Å². The predicted octanol–water partition coefficient (Wildman–Crippen LogP) is 2.74. The SMILES string of the molecule is NC(c1ccoc1)c1ccc(C(F)(F)F)cn1. The number of halogens is 3. The van der Waals surface area contributed by atoms with Crippen LogP contribution in [0.3, 0.4) is 0 Å². The summed E-state index contributed by atoms with van der Waals surface area (Å²) in [6.07, 6.45) is -0.732. The predicted molar refractivity (Wildman–Crippen MR) is 54.0 cm³/mol. The standard InChI is InChI=1S/C11H9F3N2O/c12-11(13,14)8-1-2-9(16-5-8)10(15)7-3-4-17-6-7/h1-6,10H,15H2. The van der Waals surface area contributed by atoms with Gasteiger partial charge in [-0.3, -0.25) is 4.98 Å². The van der Waals surface area contributed by atoms with Crippen LogP contribution in [0.4, 0.5) is 13.2 Å². The summed E-state index contributed by atoms with van der Waals surface area (Å²) in [5, 5.41) is 0. The molecule has 90 valence electrons. The summed E-state index contributed by atoms with van der Waals surface area (Å²) in [5.41, 5.74) is 6.05. The molecule has 2 aromatic rings. The molecule has 0 amide bonds. The van der Waals surface area contributed by atoms with E-state index in [1.807, 2.05) is 0 Å². The quantitative estimate of drug-likeness (QED) is 0.880. The van der Waals surface area contributed by atoms with E-state index < -0.39 is 17.8 Å². The highest BCUT2D eigenvalue weighted by Crippen LogP contribution is 2.29. The van der Waals surface area contributed by atoms with E-state index in [0.717, 1.165) is 12.3 Å². The summed E-state index contributed by atoms with van der Waals surface area (Å²) < 4.78 is 41.8. The van der Waals surface area contributed by atoms with Gasteiger partial charge in [0.05, 0.1) is 29.8 Å². The van der Waals surface area contributed by atoms with Gasteiger partial charge in [0, 0.05) is 11.8 Å². The summed E-state index contributed by atoms with van der Waals surface area (Å²) >= 11 is 0. The average molecular weight is 242 g/mol. The zero-order valence-electron chi connectivity index (χ0n) is 8.61. The van der Waals surface area contributed by atoms with Crippen LogP contribution in [-0.2, 0) is 6.18 Å². The largest absolute Gasteiger partial charge is 0.472 e. The van der Waals surface area contributed by atoms with Crippen molar-refractivity contribution in [2.45, 2.75) is 12.2 Å². The first-order valence-corrected chi connectivity index (χ1v) is 4.79. The van der Waals surface area contributed by atoms with E-state index in [1.54, 1.807) is 6.07 Å². The van der Waals surface area contributed by atoms with Crippen LogP contribution in [0.2, 0.25) is 0 Å². The van der Waals surface area contributed by atoms with Gasteiger partial charge >= 0.3 is 6.18 Å². The molecule has 6 heteroatoms. The Morgan fingerprint density at radius 3 is 2.47 bits per heavy atom. The zero-order chi connectivity index (χ0) is 12.5. The maximum Gasteiger partial charge on any atom is 0.417 e. The van der Waals surface area contributed by atoms with E-state index in [-0.39, 0.29) is 0 Å². The molecule has 17 heavy (non-hydrogen) atoms. The van der Waals surface area contributed by atoms with Crippen LogP contribution in [-0.4, -0.2) is 4.98 Å². The minimum Gasteiger partial charge on any atom is -0.472 e. The van der Waals surface area contributed by atoms with Gasteiger partial charge in [-0.2, -0.15) is 13.2 Å². The number of rotatable bonds is 2. The first-order chi connectivity index (χ1) is 7.98. The molecule has 0 aliphatic heterocycles. The molecule has 0 saturated carbocycles. The molecule has 2 heterocycles. The van der Waals surface area contributed by atoms with Crippen molar-refractivity contribution in [3.05, 3.63) is 53.7 Å². The van der Waals surface area contributed by atoms with Crippen molar-refractivity contribution in [3.8, 4) is 0 Å². The maximum atomic E-state index is 12.3. The number of alkyl halides is 3. The molecule has 2 N–H and O–H groups in total. The maximum absolute atomic E-state index is 12.3. The van der Waals surface area contributed by atoms with Gasteiger partial charge in [-0.25, -0.2) is 0 Å². The summed E-state index contributed by atoms with van der Waals surface area (Å²) in [6, 6.07) is 3.28. The summed E-state index contributed by atoms with van der Waals surface area (Å²) in [6.45, 7) is 0. The molecular weight excluding hydrogens is 233 g/mol. The fraction of sp³-hybridized carbons (Fsp3) is 0.182. The Hall–Kier alpha value is -1.82. The van der Waals surface area contributed by atoms with Gasteiger partial charge in [0.1, 0.15) is 0 Å². The molecule has 1 unspecified atom stereocenters. The van der Waals surface area contributed by atoms with Gasteiger partial charge in [0.15, 0.2) is 0 Å². The van der Waals surface area contributed by atoms with Crippen molar-refractivity contribution in [2.75, 3.05) is 0 Å². The van der Waals surface area contributed by atoms with E-state index in [2.05, 4.69) is 4.98 Å². The molecule has 0 aliphatic rings. The van der Waals surface area contributed by atoms with Gasteiger partial charge in [-0.1, -0.05) is 0 Å². The molecular formula is C11H9F3N2O. The lowest BCUT2D eigenvalue weighted by Crippen LogP contribution is -2.14. The Morgan fingerprint density at radius 1 is 1.24 bits per heavy atom. The summed E-state index contributed by atoms with van der Waals surface area (Å²) in [5.74, 6) is 0. The molecule has 0 fully saturated rings. The van der Waals surface area contributed by atoms with E-state index >= 15 is 0 Å². The Labute approximate surface area is 95.1 Å². The molecule has 0 aromatic carbocycles. The second kappa shape index (κ2) is 4.21. The zero-order valence-corrected chi connectivity index (χ0v) is 8.61. The normalized spacial score (nSPS) is 13.6. The fourth-order valence-corrected chi connectivity index (χ4v) is 1.38. The second-order valence-corrected chi connectivity index (χ2v) is 3.50. The Balaban J connectivity index is 2.24. The third kappa shape index (κ3) is 2.47. The van der Waals surface area contributed by atoms with Crippen LogP contribution in [0.5, 0.6) is 0 Å². The van der Waals surface area contributed by atoms with Crippen molar-refractivity contribution in [1.29, 1.82) is 0 Å². The monoisotopic (exact) mass is 242 g/mol. The van der Waals surface area contributed by atoms with Crippen LogP contribution < -0.4 is 5.73 Å². The van der Waals surface area contributed by atoms with Gasteiger partial charge in [0.25, 0.3) is 0 Å². The van der Waals surface area contributed by atoms with Gasteiger partial charge in [0.2, 0.25) is 0 Å². The van der Waals surface area contributed by atoms with Crippen molar-refractivity contribution < 1.29 is 17.6 Å². The molecule has 0 aliphatic carbocycles. The smallest absolute Gasteiger partial charge is 0.417 e. The molecule has 0 bridgehead atoms. The Bertz CT molecular complexity index is 476. The first-order valence-electron chi connectivity index (χ1n) is 4.79. The van der Waals surface area contributed by atoms with Gasteiger partial charge in [-0.05, 0) is 18.2 Å². The van der Waals surface area contributed by atoms with Crippen LogP contribution in [0.1, 0.15) is 22.9 Å². The van der Waals surface area contributed by atoms with E-state index in [9.17, 15) is 13.2 Å². The first kappa shape index (κ1) is 11.7. The number of nitrogens with two attached hydrogens (primary N) is 1. The Kier molecular flexibility index (Phi) is 2.89. The molecule has 0 spiro atoms. The van der Waals surface area contributed by atoms with Crippen molar-refractivity contribution >= 4 is 0 Å². The fourth-order valence-electron chi connectivity index (χ4n) is 1.38. The van der Waals surface area contributed by atoms with Crippen molar-refractivity contribution in [1.82, 2.24) is 4.98 Å². The lowest BCUT2D eigenvalue weighted by atomic mass is 10.1. The number of nitrogens with zero attached hydrogens (tertiary/aromatic N) is 1. The van der Waals surface area contributed by atoms with Crippen molar-refractivity contribution in [2.24, 2.45) is 5.73 Å². The number of furan rings is 1. The van der Waals surface area contributed by atoms with Crippen LogP contribution in [0.15, 0.2) is 41.3 Å². The van der Waals surface area contributed by atoms with Gasteiger partial charge in [-0.15, -0.1) is 0 Å². The summed E-state index contributed by atoms with van der Waals surface area (Å²) in [4.78, 5) is 3.71. The third-order valence-corrected chi connectivity index (χ3v) is 2.33. The highest BCUT2D eigenvalue weighted by molar-refractivity contribution is 5.26. The highest BCUT2D eigenvalue weighted by Gasteiger charge is 2.30. The third-order valence-electron chi connectivity index (χ3n) is 2.33. The van der Waals surface area contributed by atoms with Crippen LogP contribution in [0, 0.1) is 0 Å². The molecule has 0 radical (unpaired) electrons. The van der Waals surface area contributed by atoms with Crippen LogP contribution in [0.25, 0.3) is 0 Å². The van der Waals surface area contributed by atoms with E-state index in [0.29, 0.717) is 11.3 Å². The highest BCUT2D eigenvalue weighted by atomic mass is 19.4. The van der Waals surface area contributed by atoms with Crippen molar-refractivity contribution in [3.63, 3.8) is 0 Å². The minimum atomic E-state index is -4.38. The number of aromatic nitrogens is 1. The van der Waals surface area contributed by atoms with E-state index in [4.69, 9.17) is 10.2 Å². The molecule has 1 atom stereocenters. The number of hydrogen-bond donors (Lipinski definition) is 1. The summed E-state index contributed by atoms with van der Waals surface area (Å²) in [7, 11) is 0. The lowest BCUT2D eigenvalue weighted by molar-refractivity contribution is -0.137. The number of hydrogen-bond acceptors (Lipinski definition) is 3. The van der Waals surface area contributed by atoms with E-state index in [1.165, 1.54) is 18.6 Å². The molecule has 2 aromatic heterocycles. The van der Waals surface area contributed by atoms with Gasteiger partial charge < -0.3 is 10.2 Å². The second-order valence-electron chi connectivity index (χ2n) is 3.50. The molecule has 0 saturated heterocycles. The average Bonchev–Trinajstić information content (AvgIpc) is 2.80. The molecule has 2 rings (SSSR count). The number of pyridine rings is 1. The Morgan fingerprint density at radius 2 is 2.00 bits per heavy atom. The molecule has 3 nitrogen and oxygen atoms in total.